The Morgan fingerprint density at radius 2 is 2.22 bits per heavy atom. The van der Waals surface area contributed by atoms with Gasteiger partial charge in [0, 0.05) is 20.7 Å². The van der Waals surface area contributed by atoms with Crippen LogP contribution >= 0.6 is 38.9 Å². The normalized spacial score (nSPS) is 14.1. The van der Waals surface area contributed by atoms with Crippen LogP contribution < -0.4 is 0 Å². The van der Waals surface area contributed by atoms with Crippen LogP contribution in [0.25, 0.3) is 0 Å². The summed E-state index contributed by atoms with van der Waals surface area (Å²) in [5.41, 5.74) is 0.779. The van der Waals surface area contributed by atoms with Gasteiger partial charge in [-0.15, -0.1) is 11.3 Å². The van der Waals surface area contributed by atoms with Gasteiger partial charge in [0.05, 0.1) is 15.8 Å². The summed E-state index contributed by atoms with van der Waals surface area (Å²) in [5.74, 6) is 0. The SMILES string of the molecule is COCC(Br)CN(C)S(=O)(=O)c1cc(C)c(Cl)s1. The van der Waals surface area contributed by atoms with Gasteiger partial charge < -0.3 is 4.74 Å². The number of alkyl halides is 1. The zero-order chi connectivity index (χ0) is 13.9. The third kappa shape index (κ3) is 3.91. The lowest BCUT2D eigenvalue weighted by Crippen LogP contribution is -2.33. The van der Waals surface area contributed by atoms with Crippen LogP contribution in [-0.4, -0.2) is 44.9 Å². The van der Waals surface area contributed by atoms with Crippen molar-refractivity contribution in [2.75, 3.05) is 27.3 Å². The van der Waals surface area contributed by atoms with Crippen LogP contribution in [0.2, 0.25) is 4.34 Å². The van der Waals surface area contributed by atoms with Crippen molar-refractivity contribution in [1.82, 2.24) is 4.31 Å². The van der Waals surface area contributed by atoms with Crippen LogP contribution in [0.15, 0.2) is 10.3 Å². The second-order valence-corrected chi connectivity index (χ2v) is 9.08. The summed E-state index contributed by atoms with van der Waals surface area (Å²) in [6, 6.07) is 1.60. The summed E-state index contributed by atoms with van der Waals surface area (Å²) in [5, 5.41) is 0. The standard InChI is InChI=1S/C10H15BrClNO3S2/c1-7-4-9(17-10(7)12)18(14,15)13(2)5-8(11)6-16-3/h4,8H,5-6H2,1-3H3. The van der Waals surface area contributed by atoms with Crippen LogP contribution in [0.4, 0.5) is 0 Å². The number of hydrogen-bond acceptors (Lipinski definition) is 4. The molecule has 1 unspecified atom stereocenters. The lowest BCUT2D eigenvalue weighted by molar-refractivity contribution is 0.195. The molecule has 0 N–H and O–H groups in total. The van der Waals surface area contributed by atoms with Gasteiger partial charge in [0.15, 0.2) is 0 Å². The Morgan fingerprint density at radius 1 is 1.61 bits per heavy atom. The minimum absolute atomic E-state index is 0.0428. The van der Waals surface area contributed by atoms with Gasteiger partial charge in [-0.2, -0.15) is 4.31 Å². The third-order valence-electron chi connectivity index (χ3n) is 2.30. The Bertz CT molecular complexity index is 484. The third-order valence-corrected chi connectivity index (χ3v) is 6.68. The second kappa shape index (κ2) is 6.67. The predicted molar refractivity (Wildman–Crippen MR) is 78.5 cm³/mol. The lowest BCUT2D eigenvalue weighted by Gasteiger charge is -2.18. The lowest BCUT2D eigenvalue weighted by atomic mass is 10.4. The van der Waals surface area contributed by atoms with E-state index in [4.69, 9.17) is 16.3 Å². The number of rotatable bonds is 6. The Morgan fingerprint density at radius 3 is 2.67 bits per heavy atom. The van der Waals surface area contributed by atoms with E-state index in [1.54, 1.807) is 27.1 Å². The first-order valence-corrected chi connectivity index (χ1v) is 8.69. The van der Waals surface area contributed by atoms with E-state index in [9.17, 15) is 8.42 Å². The number of hydrogen-bond donors (Lipinski definition) is 0. The zero-order valence-corrected chi connectivity index (χ0v) is 14.3. The van der Waals surface area contributed by atoms with Crippen molar-refractivity contribution in [1.29, 1.82) is 0 Å². The molecule has 0 bridgehead atoms. The first kappa shape index (κ1) is 16.4. The van der Waals surface area contributed by atoms with Crippen LogP contribution in [0, 0.1) is 6.92 Å². The predicted octanol–water partition coefficient (Wildman–Crippen LogP) is 2.74. The quantitative estimate of drug-likeness (QED) is 0.717. The van der Waals surface area contributed by atoms with E-state index in [0.29, 0.717) is 17.5 Å². The first-order valence-electron chi connectivity index (χ1n) is 5.14. The van der Waals surface area contributed by atoms with Crippen molar-refractivity contribution < 1.29 is 13.2 Å². The van der Waals surface area contributed by atoms with E-state index in [1.165, 1.54) is 4.31 Å². The van der Waals surface area contributed by atoms with Gasteiger partial charge in [-0.1, -0.05) is 27.5 Å². The molecule has 4 nitrogen and oxygen atoms in total. The summed E-state index contributed by atoms with van der Waals surface area (Å²) >= 11 is 10.4. The number of halogens is 2. The monoisotopic (exact) mass is 375 g/mol. The Hall–Kier alpha value is 0.340. The van der Waals surface area contributed by atoms with E-state index in [0.717, 1.165) is 16.9 Å². The molecule has 1 heterocycles. The van der Waals surface area contributed by atoms with Crippen LogP contribution in [0.1, 0.15) is 5.56 Å². The largest absolute Gasteiger partial charge is 0.383 e. The average molecular weight is 377 g/mol. The maximum Gasteiger partial charge on any atom is 0.252 e. The van der Waals surface area contributed by atoms with Gasteiger partial charge >= 0.3 is 0 Å². The first-order chi connectivity index (χ1) is 8.28. The molecular formula is C10H15BrClNO3S2. The highest BCUT2D eigenvalue weighted by molar-refractivity contribution is 9.09. The molecular weight excluding hydrogens is 362 g/mol. The summed E-state index contributed by atoms with van der Waals surface area (Å²) in [6.45, 7) is 2.57. The molecule has 0 fully saturated rings. The highest BCUT2D eigenvalue weighted by atomic mass is 79.9. The minimum Gasteiger partial charge on any atom is -0.383 e. The molecule has 8 heteroatoms. The van der Waals surface area contributed by atoms with Gasteiger partial charge in [-0.25, -0.2) is 8.42 Å². The van der Waals surface area contributed by atoms with Crippen molar-refractivity contribution >= 4 is 48.9 Å². The van der Waals surface area contributed by atoms with Gasteiger partial charge in [0.2, 0.25) is 0 Å². The molecule has 1 aromatic heterocycles. The summed E-state index contributed by atoms with van der Waals surface area (Å²) in [7, 11) is -0.354. The fourth-order valence-electron chi connectivity index (χ4n) is 1.32. The fraction of sp³-hybridized carbons (Fsp3) is 0.600. The Balaban J connectivity index is 2.86. The number of nitrogens with zero attached hydrogens (tertiary/aromatic N) is 1. The molecule has 0 aromatic carbocycles. The average Bonchev–Trinajstić information content (AvgIpc) is 2.60. The molecule has 18 heavy (non-hydrogen) atoms. The smallest absolute Gasteiger partial charge is 0.252 e. The molecule has 0 radical (unpaired) electrons. The molecule has 1 rings (SSSR count). The zero-order valence-electron chi connectivity index (χ0n) is 10.3. The van der Waals surface area contributed by atoms with Crippen LogP contribution in [0.5, 0.6) is 0 Å². The number of ether oxygens (including phenoxy) is 1. The highest BCUT2D eigenvalue weighted by Crippen LogP contribution is 2.31. The molecule has 0 spiro atoms. The Labute approximate surface area is 125 Å². The van der Waals surface area contributed by atoms with Gasteiger partial charge in [0.25, 0.3) is 10.0 Å². The van der Waals surface area contributed by atoms with Crippen molar-refractivity contribution in [3.05, 3.63) is 16.0 Å². The minimum atomic E-state index is -3.47. The van der Waals surface area contributed by atoms with Gasteiger partial charge in [0.1, 0.15) is 4.21 Å². The molecule has 0 saturated carbocycles. The van der Waals surface area contributed by atoms with Gasteiger partial charge in [-0.05, 0) is 18.6 Å². The topological polar surface area (TPSA) is 46.6 Å². The Kier molecular flexibility index (Phi) is 6.08. The number of thiophene rings is 1. The summed E-state index contributed by atoms with van der Waals surface area (Å²) < 4.78 is 31.5. The number of methoxy groups -OCH3 is 1. The molecule has 1 atom stereocenters. The highest BCUT2D eigenvalue weighted by Gasteiger charge is 2.25. The maximum atomic E-state index is 12.3. The number of sulfonamides is 1. The molecule has 104 valence electrons. The maximum absolute atomic E-state index is 12.3. The molecule has 0 aliphatic heterocycles. The second-order valence-electron chi connectivity index (χ2n) is 3.86. The number of aryl methyl sites for hydroxylation is 1. The molecule has 0 aliphatic rings. The van der Waals surface area contributed by atoms with E-state index in [-0.39, 0.29) is 9.04 Å². The van der Waals surface area contributed by atoms with Crippen LogP contribution in [0.3, 0.4) is 0 Å². The van der Waals surface area contributed by atoms with E-state index < -0.39 is 10.0 Å². The summed E-state index contributed by atoms with van der Waals surface area (Å²) in [6.07, 6.45) is 0. The summed E-state index contributed by atoms with van der Waals surface area (Å²) in [4.78, 5) is -0.0428. The van der Waals surface area contributed by atoms with Crippen molar-refractivity contribution in [3.8, 4) is 0 Å². The van der Waals surface area contributed by atoms with E-state index >= 15 is 0 Å². The fourth-order valence-corrected chi connectivity index (χ4v) is 5.35. The van der Waals surface area contributed by atoms with E-state index in [2.05, 4.69) is 15.9 Å². The van der Waals surface area contributed by atoms with Crippen molar-refractivity contribution in [2.24, 2.45) is 0 Å². The van der Waals surface area contributed by atoms with Gasteiger partial charge in [-0.3, -0.25) is 0 Å². The van der Waals surface area contributed by atoms with Crippen LogP contribution in [-0.2, 0) is 14.8 Å². The van der Waals surface area contributed by atoms with Crippen molar-refractivity contribution in [3.63, 3.8) is 0 Å². The molecule has 0 aliphatic carbocycles. The van der Waals surface area contributed by atoms with E-state index in [1.807, 2.05) is 0 Å². The molecule has 0 saturated heterocycles. The van der Waals surface area contributed by atoms with Crippen molar-refractivity contribution in [2.45, 2.75) is 16.0 Å². The molecule has 1 aromatic rings. The molecule has 0 amide bonds.